The number of benzene rings is 2. The lowest BCUT2D eigenvalue weighted by atomic mass is 10.1. The lowest BCUT2D eigenvalue weighted by Crippen LogP contribution is -2.42. The Hall–Kier alpha value is -4.20. The van der Waals surface area contributed by atoms with E-state index in [1.54, 1.807) is 30.3 Å². The predicted molar refractivity (Wildman–Crippen MR) is 101 cm³/mol. The van der Waals surface area contributed by atoms with E-state index in [2.05, 4.69) is 21.0 Å². The standard InChI is InChI=1S/C20H14N4O4/c25-18-15-9-5-4-8-14(15)16(21-22-18)19(26)23-24-20(27)17-13(10-11-28-17)12-6-2-1-3-7-12/h1-11H,(H,22,25)(H,23,26)(H,24,27). The van der Waals surface area contributed by atoms with Crippen molar-refractivity contribution >= 4 is 22.6 Å². The Bertz CT molecular complexity index is 1230. The average molecular weight is 374 g/mol. The molecule has 8 nitrogen and oxygen atoms in total. The minimum absolute atomic E-state index is 0.0155. The number of fused-ring (bicyclic) bond motifs is 1. The van der Waals surface area contributed by atoms with Gasteiger partial charge in [-0.3, -0.25) is 25.2 Å². The molecule has 0 aliphatic heterocycles. The van der Waals surface area contributed by atoms with Gasteiger partial charge in [0.15, 0.2) is 5.69 Å². The summed E-state index contributed by atoms with van der Waals surface area (Å²) >= 11 is 0. The molecule has 2 aromatic carbocycles. The number of hydrogen-bond acceptors (Lipinski definition) is 5. The second-order valence-corrected chi connectivity index (χ2v) is 5.88. The summed E-state index contributed by atoms with van der Waals surface area (Å²) < 4.78 is 5.28. The van der Waals surface area contributed by atoms with Gasteiger partial charge in [0.1, 0.15) is 0 Å². The van der Waals surface area contributed by atoms with Crippen molar-refractivity contribution in [3.63, 3.8) is 0 Å². The van der Waals surface area contributed by atoms with Crippen LogP contribution in [0.4, 0.5) is 0 Å². The summed E-state index contributed by atoms with van der Waals surface area (Å²) in [4.78, 5) is 36.7. The van der Waals surface area contributed by atoms with Crippen LogP contribution >= 0.6 is 0 Å². The van der Waals surface area contributed by atoms with Crippen LogP contribution in [-0.2, 0) is 0 Å². The van der Waals surface area contributed by atoms with Crippen LogP contribution in [0.1, 0.15) is 21.0 Å². The molecule has 0 radical (unpaired) electrons. The van der Waals surface area contributed by atoms with Crippen LogP contribution in [0.3, 0.4) is 0 Å². The van der Waals surface area contributed by atoms with E-state index >= 15 is 0 Å². The van der Waals surface area contributed by atoms with Crippen molar-refractivity contribution < 1.29 is 14.0 Å². The first kappa shape index (κ1) is 17.2. The molecule has 0 unspecified atom stereocenters. The number of H-pyrrole nitrogens is 1. The van der Waals surface area contributed by atoms with E-state index in [4.69, 9.17) is 4.42 Å². The number of carbonyl (C=O) groups is 2. The van der Waals surface area contributed by atoms with Gasteiger partial charge in [0.25, 0.3) is 11.5 Å². The second-order valence-electron chi connectivity index (χ2n) is 5.88. The van der Waals surface area contributed by atoms with Crippen molar-refractivity contribution in [3.8, 4) is 11.1 Å². The SMILES string of the molecule is O=C(NNC(=O)c1n[nH]c(=O)c2ccccc12)c1occc1-c1ccccc1. The fraction of sp³-hybridized carbons (Fsp3) is 0. The number of aromatic amines is 1. The van der Waals surface area contributed by atoms with E-state index in [0.29, 0.717) is 16.3 Å². The normalized spacial score (nSPS) is 10.6. The summed E-state index contributed by atoms with van der Waals surface area (Å²) in [5.41, 5.74) is 5.59. The largest absolute Gasteiger partial charge is 0.458 e. The number of furan rings is 1. The maximum atomic E-state index is 12.5. The highest BCUT2D eigenvalue weighted by molar-refractivity contribution is 6.06. The van der Waals surface area contributed by atoms with Crippen LogP contribution in [0.5, 0.6) is 0 Å². The van der Waals surface area contributed by atoms with Crippen molar-refractivity contribution in [2.75, 3.05) is 0 Å². The molecule has 0 saturated heterocycles. The van der Waals surface area contributed by atoms with Gasteiger partial charge in [-0.05, 0) is 17.7 Å². The maximum absolute atomic E-state index is 12.5. The van der Waals surface area contributed by atoms with E-state index in [9.17, 15) is 14.4 Å². The molecular formula is C20H14N4O4. The van der Waals surface area contributed by atoms with Crippen LogP contribution in [0, 0.1) is 0 Å². The quantitative estimate of drug-likeness (QED) is 0.476. The molecule has 2 amide bonds. The summed E-state index contributed by atoms with van der Waals surface area (Å²) in [6.07, 6.45) is 1.40. The molecule has 4 aromatic rings. The van der Waals surface area contributed by atoms with Crippen molar-refractivity contribution in [1.29, 1.82) is 0 Å². The molecule has 28 heavy (non-hydrogen) atoms. The summed E-state index contributed by atoms with van der Waals surface area (Å²) in [6, 6.07) is 17.5. The lowest BCUT2D eigenvalue weighted by Gasteiger charge is -2.08. The van der Waals surface area contributed by atoms with E-state index in [1.165, 1.54) is 6.26 Å². The topological polar surface area (TPSA) is 117 Å². The molecule has 2 heterocycles. The zero-order valence-corrected chi connectivity index (χ0v) is 14.4. The number of amides is 2. The lowest BCUT2D eigenvalue weighted by molar-refractivity contribution is 0.0829. The average Bonchev–Trinajstić information content (AvgIpc) is 3.23. The summed E-state index contributed by atoms with van der Waals surface area (Å²) in [5.74, 6) is -1.23. The number of hydrazine groups is 1. The number of aromatic nitrogens is 2. The highest BCUT2D eigenvalue weighted by atomic mass is 16.3. The van der Waals surface area contributed by atoms with Gasteiger partial charge in [0.05, 0.1) is 11.6 Å². The van der Waals surface area contributed by atoms with Gasteiger partial charge in [0.2, 0.25) is 5.76 Å². The zero-order valence-electron chi connectivity index (χ0n) is 14.4. The van der Waals surface area contributed by atoms with Gasteiger partial charge >= 0.3 is 5.91 Å². The van der Waals surface area contributed by atoms with E-state index in [-0.39, 0.29) is 11.5 Å². The fourth-order valence-electron chi connectivity index (χ4n) is 2.85. The number of hydrogen-bond donors (Lipinski definition) is 3. The first-order chi connectivity index (χ1) is 13.6. The van der Waals surface area contributed by atoms with Gasteiger partial charge in [0, 0.05) is 10.9 Å². The Morgan fingerprint density at radius 2 is 1.54 bits per heavy atom. The molecule has 3 N–H and O–H groups in total. The number of rotatable bonds is 3. The van der Waals surface area contributed by atoms with Gasteiger partial charge in [-0.1, -0.05) is 48.5 Å². The molecular weight excluding hydrogens is 360 g/mol. The Balaban J connectivity index is 1.54. The molecule has 0 spiro atoms. The first-order valence-electron chi connectivity index (χ1n) is 8.36. The molecule has 0 bridgehead atoms. The third-order valence-electron chi connectivity index (χ3n) is 4.16. The molecule has 0 fully saturated rings. The monoisotopic (exact) mass is 374 g/mol. The highest BCUT2D eigenvalue weighted by Crippen LogP contribution is 2.24. The van der Waals surface area contributed by atoms with Gasteiger partial charge in [-0.15, -0.1) is 0 Å². The third kappa shape index (κ3) is 3.14. The Morgan fingerprint density at radius 1 is 0.857 bits per heavy atom. The smallest absolute Gasteiger partial charge is 0.306 e. The molecule has 0 saturated carbocycles. The predicted octanol–water partition coefficient (Wildman–Crippen LogP) is 2.26. The van der Waals surface area contributed by atoms with Crippen molar-refractivity contribution in [1.82, 2.24) is 21.0 Å². The Morgan fingerprint density at radius 3 is 2.32 bits per heavy atom. The van der Waals surface area contributed by atoms with Crippen molar-refractivity contribution in [2.24, 2.45) is 0 Å². The summed E-state index contributed by atoms with van der Waals surface area (Å²) in [6.45, 7) is 0. The number of carbonyl (C=O) groups excluding carboxylic acids is 2. The van der Waals surface area contributed by atoms with Gasteiger partial charge < -0.3 is 4.42 Å². The van der Waals surface area contributed by atoms with E-state index in [1.807, 2.05) is 30.3 Å². The highest BCUT2D eigenvalue weighted by Gasteiger charge is 2.19. The van der Waals surface area contributed by atoms with Crippen molar-refractivity contribution in [3.05, 3.63) is 88.7 Å². The fourth-order valence-corrected chi connectivity index (χ4v) is 2.85. The van der Waals surface area contributed by atoms with Crippen LogP contribution in [0.25, 0.3) is 21.9 Å². The molecule has 0 aliphatic rings. The minimum Gasteiger partial charge on any atom is -0.458 e. The van der Waals surface area contributed by atoms with Gasteiger partial charge in [-0.25, -0.2) is 5.10 Å². The molecule has 4 rings (SSSR count). The minimum atomic E-state index is -0.673. The van der Waals surface area contributed by atoms with Crippen LogP contribution in [0.15, 0.2) is 76.1 Å². The van der Waals surface area contributed by atoms with Crippen molar-refractivity contribution in [2.45, 2.75) is 0 Å². The molecule has 138 valence electrons. The maximum Gasteiger partial charge on any atom is 0.306 e. The molecule has 0 atom stereocenters. The van der Waals surface area contributed by atoms with Gasteiger partial charge in [-0.2, -0.15) is 5.10 Å². The Labute approximate surface area is 158 Å². The summed E-state index contributed by atoms with van der Waals surface area (Å²) in [7, 11) is 0. The third-order valence-corrected chi connectivity index (χ3v) is 4.16. The zero-order chi connectivity index (χ0) is 19.5. The first-order valence-corrected chi connectivity index (χ1v) is 8.36. The number of nitrogens with zero attached hydrogens (tertiary/aromatic N) is 1. The second kappa shape index (κ2) is 7.20. The molecule has 2 aromatic heterocycles. The van der Waals surface area contributed by atoms with E-state index < -0.39 is 17.4 Å². The Kier molecular flexibility index (Phi) is 4.43. The van der Waals surface area contributed by atoms with Crippen LogP contribution in [-0.4, -0.2) is 22.0 Å². The summed E-state index contributed by atoms with van der Waals surface area (Å²) in [5, 5.41) is 6.76. The van der Waals surface area contributed by atoms with Crippen LogP contribution < -0.4 is 16.4 Å². The molecule has 0 aliphatic carbocycles. The molecule has 8 heteroatoms. The van der Waals surface area contributed by atoms with E-state index in [0.717, 1.165) is 5.56 Å². The van der Waals surface area contributed by atoms with Crippen LogP contribution in [0.2, 0.25) is 0 Å². The number of nitrogens with one attached hydrogen (secondary N) is 3.